The highest BCUT2D eigenvalue weighted by Gasteiger charge is 2.03. The molecule has 0 aliphatic carbocycles. The van der Waals surface area contributed by atoms with E-state index in [1.54, 1.807) is 0 Å². The zero-order valence-corrected chi connectivity index (χ0v) is 17.0. The summed E-state index contributed by atoms with van der Waals surface area (Å²) < 4.78 is 0. The summed E-state index contributed by atoms with van der Waals surface area (Å²) in [4.78, 5) is 0. The summed E-state index contributed by atoms with van der Waals surface area (Å²) >= 11 is 0. The first-order chi connectivity index (χ1) is 11.4. The van der Waals surface area contributed by atoms with E-state index in [2.05, 4.69) is 88.4 Å². The van der Waals surface area contributed by atoms with E-state index in [9.17, 15) is 0 Å². The summed E-state index contributed by atoms with van der Waals surface area (Å²) in [5, 5.41) is 0. The summed E-state index contributed by atoms with van der Waals surface area (Å²) in [7, 11) is 0. The van der Waals surface area contributed by atoms with Crippen molar-refractivity contribution >= 4 is 6.08 Å². The molecular weight excluding hydrogens is 300 g/mol. The molecule has 0 aliphatic heterocycles. The third-order valence-corrected chi connectivity index (χ3v) is 3.22. The van der Waals surface area contributed by atoms with Crippen LogP contribution < -0.4 is 0 Å². The van der Waals surface area contributed by atoms with Gasteiger partial charge in [0.1, 0.15) is 0 Å². The van der Waals surface area contributed by atoms with Crippen LogP contribution in [0.3, 0.4) is 0 Å². The molecule has 2 rings (SSSR count). The van der Waals surface area contributed by atoms with Crippen molar-refractivity contribution in [3.05, 3.63) is 76.9 Å². The molecule has 0 unspecified atom stereocenters. The van der Waals surface area contributed by atoms with Gasteiger partial charge in [0, 0.05) is 0 Å². The van der Waals surface area contributed by atoms with E-state index in [0.29, 0.717) is 0 Å². The highest BCUT2D eigenvalue weighted by Crippen LogP contribution is 2.18. The first-order valence-electron chi connectivity index (χ1n) is 9.26. The highest BCUT2D eigenvalue weighted by atomic mass is 14.1. The maximum Gasteiger partial charge on any atom is -0.00255 e. The Hall–Kier alpha value is -1.82. The van der Waals surface area contributed by atoms with Crippen LogP contribution in [0.5, 0.6) is 0 Å². The van der Waals surface area contributed by atoms with E-state index in [4.69, 9.17) is 0 Å². The first-order valence-corrected chi connectivity index (χ1v) is 9.26. The van der Waals surface area contributed by atoms with E-state index in [-0.39, 0.29) is 12.8 Å². The van der Waals surface area contributed by atoms with Crippen LogP contribution in [0, 0.1) is 12.3 Å². The molecule has 2 aromatic rings. The molecule has 0 atom stereocenters. The second-order valence-corrected chi connectivity index (χ2v) is 6.61. The molecule has 0 N–H and O–H groups in total. The fourth-order valence-electron chi connectivity index (χ4n) is 2.21. The van der Waals surface area contributed by atoms with Crippen LogP contribution in [-0.4, -0.2) is 0 Å². The minimum absolute atomic E-state index is 0. The van der Waals surface area contributed by atoms with Crippen LogP contribution in [0.2, 0.25) is 0 Å². The van der Waals surface area contributed by atoms with Crippen molar-refractivity contribution in [1.82, 2.24) is 0 Å². The molecule has 2 aromatic carbocycles. The van der Waals surface area contributed by atoms with Crippen molar-refractivity contribution in [2.24, 2.45) is 5.41 Å². The quantitative estimate of drug-likeness (QED) is 0.526. The molecule has 0 fully saturated rings. The summed E-state index contributed by atoms with van der Waals surface area (Å²) in [6.07, 6.45) is 5.48. The Balaban J connectivity index is 0. The van der Waals surface area contributed by atoms with Crippen molar-refractivity contribution in [2.45, 2.75) is 69.2 Å². The molecule has 25 heavy (non-hydrogen) atoms. The second-order valence-electron chi connectivity index (χ2n) is 6.61. The number of hydrogen-bond acceptors (Lipinski definition) is 0. The summed E-state index contributed by atoms with van der Waals surface area (Å²) in [5.74, 6) is 0. The molecule has 0 saturated heterocycles. The maximum atomic E-state index is 2.28. The Morgan fingerprint density at radius 2 is 1.32 bits per heavy atom. The Bertz CT molecular complexity index is 597. The molecule has 0 amide bonds. The minimum Gasteiger partial charge on any atom is -0.0785 e. The van der Waals surface area contributed by atoms with Gasteiger partial charge in [0.05, 0.1) is 0 Å². The summed E-state index contributed by atoms with van der Waals surface area (Å²) in [6, 6.07) is 17.5. The zero-order chi connectivity index (χ0) is 18.6. The van der Waals surface area contributed by atoms with E-state index in [0.717, 1.165) is 6.42 Å². The average molecular weight is 341 g/mol. The molecule has 0 spiro atoms. The normalized spacial score (nSPS) is 10.1. The van der Waals surface area contributed by atoms with Crippen molar-refractivity contribution in [1.29, 1.82) is 0 Å². The summed E-state index contributed by atoms with van der Waals surface area (Å²) in [5.41, 5.74) is 5.58. The van der Waals surface area contributed by atoms with Gasteiger partial charge in [-0.3, -0.25) is 0 Å². The van der Waals surface area contributed by atoms with E-state index in [1.165, 1.54) is 22.3 Å². The van der Waals surface area contributed by atoms with Crippen LogP contribution in [0.1, 0.15) is 78.1 Å². The smallest absolute Gasteiger partial charge is 0.00255 e. The SMILES string of the molecule is C.CC.CC.Cc1cccc(Cc2cccc(/C=C/C(C)(C)C)c2)c1. The van der Waals surface area contributed by atoms with E-state index >= 15 is 0 Å². The van der Waals surface area contributed by atoms with Gasteiger partial charge < -0.3 is 0 Å². The Morgan fingerprint density at radius 1 is 0.800 bits per heavy atom. The fourth-order valence-corrected chi connectivity index (χ4v) is 2.21. The topological polar surface area (TPSA) is 0 Å². The van der Waals surface area contributed by atoms with E-state index in [1.807, 2.05) is 27.7 Å². The van der Waals surface area contributed by atoms with Gasteiger partial charge in [-0.05, 0) is 35.4 Å². The lowest BCUT2D eigenvalue weighted by Crippen LogP contribution is -1.98. The van der Waals surface area contributed by atoms with E-state index < -0.39 is 0 Å². The van der Waals surface area contributed by atoms with Crippen molar-refractivity contribution in [2.75, 3.05) is 0 Å². The van der Waals surface area contributed by atoms with Crippen LogP contribution in [0.25, 0.3) is 6.08 Å². The molecule has 0 bridgehead atoms. The predicted molar refractivity (Wildman–Crippen MR) is 118 cm³/mol. The largest absolute Gasteiger partial charge is 0.0785 e. The van der Waals surface area contributed by atoms with Crippen molar-refractivity contribution < 1.29 is 0 Å². The van der Waals surface area contributed by atoms with Crippen LogP contribution in [0.4, 0.5) is 0 Å². The standard InChI is InChI=1S/C20H24.2C2H6.CH4/c1-16-7-5-9-18(13-16)15-19-10-6-8-17(14-19)11-12-20(2,3)4;2*1-2;/h5-14H,15H2,1-4H3;2*1-2H3;1H4/b12-11+;;;. The number of aryl methyl sites for hydroxylation is 1. The monoisotopic (exact) mass is 340 g/mol. The van der Waals surface area contributed by atoms with Gasteiger partial charge in [-0.2, -0.15) is 0 Å². The Morgan fingerprint density at radius 3 is 1.84 bits per heavy atom. The molecule has 0 heterocycles. The van der Waals surface area contributed by atoms with Crippen molar-refractivity contribution in [3.8, 4) is 0 Å². The number of rotatable bonds is 3. The lowest BCUT2D eigenvalue weighted by Gasteiger charge is -2.11. The molecule has 0 saturated carbocycles. The molecule has 0 radical (unpaired) electrons. The molecule has 0 aromatic heterocycles. The van der Waals surface area contributed by atoms with Crippen LogP contribution in [-0.2, 0) is 6.42 Å². The first kappa shape index (κ1) is 25.4. The molecule has 0 nitrogen and oxygen atoms in total. The fraction of sp³-hybridized carbons (Fsp3) is 0.440. The van der Waals surface area contributed by atoms with Crippen LogP contribution in [0.15, 0.2) is 54.6 Å². The van der Waals surface area contributed by atoms with Crippen molar-refractivity contribution in [3.63, 3.8) is 0 Å². The summed E-state index contributed by atoms with van der Waals surface area (Å²) in [6.45, 7) is 16.8. The Kier molecular flexibility index (Phi) is 13.7. The van der Waals surface area contributed by atoms with Gasteiger partial charge in [0.25, 0.3) is 0 Å². The average Bonchev–Trinajstić information content (AvgIpc) is 2.56. The Labute approximate surface area is 158 Å². The van der Waals surface area contributed by atoms with Gasteiger partial charge >= 0.3 is 0 Å². The maximum absolute atomic E-state index is 2.28. The minimum atomic E-state index is 0. The number of hydrogen-bond donors (Lipinski definition) is 0. The molecular formula is C25H40. The van der Waals surface area contributed by atoms with Gasteiger partial charge in [-0.1, -0.05) is 122 Å². The second kappa shape index (κ2) is 13.5. The molecule has 140 valence electrons. The number of allylic oxidation sites excluding steroid dienone is 1. The lowest BCUT2D eigenvalue weighted by molar-refractivity contribution is 0.547. The molecule has 0 aliphatic rings. The highest BCUT2D eigenvalue weighted by molar-refractivity contribution is 5.51. The van der Waals surface area contributed by atoms with Gasteiger partial charge in [-0.15, -0.1) is 0 Å². The van der Waals surface area contributed by atoms with Gasteiger partial charge in [0.15, 0.2) is 0 Å². The van der Waals surface area contributed by atoms with Gasteiger partial charge in [0.2, 0.25) is 0 Å². The van der Waals surface area contributed by atoms with Gasteiger partial charge in [-0.25, -0.2) is 0 Å². The van der Waals surface area contributed by atoms with Crippen LogP contribution >= 0.6 is 0 Å². The third-order valence-electron chi connectivity index (χ3n) is 3.22. The predicted octanol–water partition coefficient (Wildman–Crippen LogP) is 8.33. The number of benzene rings is 2. The zero-order valence-electron chi connectivity index (χ0n) is 17.0. The third kappa shape index (κ3) is 11.4. The molecule has 0 heteroatoms. The lowest BCUT2D eigenvalue weighted by atomic mass is 9.94.